The number of carbonyl (C=O) groups is 1. The first-order chi connectivity index (χ1) is 12.6. The molecule has 1 aliphatic rings. The van der Waals surface area contributed by atoms with Crippen LogP contribution in [0, 0.1) is 12.8 Å². The molecule has 1 aromatic carbocycles. The predicted molar refractivity (Wildman–Crippen MR) is 103 cm³/mol. The fourth-order valence-electron chi connectivity index (χ4n) is 3.13. The SMILES string of the molecule is Cc1nc(-c2cc(C(=O)N(CC3CC3)C(C)c3ccccc3)co2)cs1. The first-order valence-corrected chi connectivity index (χ1v) is 9.86. The van der Waals surface area contributed by atoms with Crippen molar-refractivity contribution in [1.82, 2.24) is 9.88 Å². The molecular formula is C21H22N2O2S. The van der Waals surface area contributed by atoms with Gasteiger partial charge in [-0.05, 0) is 44.2 Å². The van der Waals surface area contributed by atoms with E-state index in [9.17, 15) is 4.79 Å². The van der Waals surface area contributed by atoms with Crippen LogP contribution in [0.15, 0.2) is 52.5 Å². The Kier molecular flexibility index (Phi) is 4.64. The number of aryl methyl sites for hydroxylation is 1. The average molecular weight is 366 g/mol. The molecule has 5 heteroatoms. The number of amides is 1. The molecule has 0 spiro atoms. The van der Waals surface area contributed by atoms with Crippen LogP contribution in [0.25, 0.3) is 11.5 Å². The van der Waals surface area contributed by atoms with E-state index in [-0.39, 0.29) is 11.9 Å². The zero-order valence-corrected chi connectivity index (χ0v) is 15.8. The van der Waals surface area contributed by atoms with Gasteiger partial charge >= 0.3 is 0 Å². The molecule has 2 aromatic heterocycles. The van der Waals surface area contributed by atoms with Crippen molar-refractivity contribution in [3.8, 4) is 11.5 Å². The Hall–Kier alpha value is -2.40. The van der Waals surface area contributed by atoms with Crippen LogP contribution >= 0.6 is 11.3 Å². The molecule has 3 aromatic rings. The lowest BCUT2D eigenvalue weighted by Crippen LogP contribution is -2.35. The van der Waals surface area contributed by atoms with Crippen LogP contribution in [-0.4, -0.2) is 22.3 Å². The van der Waals surface area contributed by atoms with Gasteiger partial charge in [-0.3, -0.25) is 4.79 Å². The van der Waals surface area contributed by atoms with Gasteiger partial charge in [-0.2, -0.15) is 0 Å². The number of nitrogens with zero attached hydrogens (tertiary/aromatic N) is 2. The van der Waals surface area contributed by atoms with Crippen LogP contribution in [-0.2, 0) is 0 Å². The van der Waals surface area contributed by atoms with Crippen molar-refractivity contribution in [3.05, 3.63) is 64.2 Å². The summed E-state index contributed by atoms with van der Waals surface area (Å²) in [5, 5.41) is 2.94. The molecule has 1 unspecified atom stereocenters. The lowest BCUT2D eigenvalue weighted by atomic mass is 10.1. The van der Waals surface area contributed by atoms with E-state index >= 15 is 0 Å². The molecule has 1 amide bonds. The maximum absolute atomic E-state index is 13.2. The summed E-state index contributed by atoms with van der Waals surface area (Å²) in [5.41, 5.74) is 2.53. The normalized spacial score (nSPS) is 15.0. The molecule has 0 aliphatic heterocycles. The fourth-order valence-corrected chi connectivity index (χ4v) is 3.73. The summed E-state index contributed by atoms with van der Waals surface area (Å²) in [7, 11) is 0. The molecule has 2 heterocycles. The van der Waals surface area contributed by atoms with E-state index in [1.54, 1.807) is 17.6 Å². The van der Waals surface area contributed by atoms with Crippen molar-refractivity contribution in [3.63, 3.8) is 0 Å². The summed E-state index contributed by atoms with van der Waals surface area (Å²) in [5.74, 6) is 1.30. The van der Waals surface area contributed by atoms with Gasteiger partial charge in [0.1, 0.15) is 12.0 Å². The second-order valence-electron chi connectivity index (χ2n) is 6.94. The van der Waals surface area contributed by atoms with Gasteiger partial charge in [0.2, 0.25) is 0 Å². The van der Waals surface area contributed by atoms with Gasteiger partial charge in [0.25, 0.3) is 5.91 Å². The second-order valence-corrected chi connectivity index (χ2v) is 8.00. The van der Waals surface area contributed by atoms with Crippen LogP contribution in [0.1, 0.15) is 46.7 Å². The van der Waals surface area contributed by atoms with Crippen molar-refractivity contribution in [2.45, 2.75) is 32.7 Å². The maximum Gasteiger partial charge on any atom is 0.257 e. The maximum atomic E-state index is 13.2. The molecule has 1 fully saturated rings. The van der Waals surface area contributed by atoms with Gasteiger partial charge in [0, 0.05) is 11.9 Å². The highest BCUT2D eigenvalue weighted by Gasteiger charge is 2.31. The standard InChI is InChI=1S/C21H22N2O2S/c1-14(17-6-4-3-5-7-17)23(11-16-8-9-16)21(24)18-10-20(25-12-18)19-13-26-15(2)22-19/h3-7,10,12-14,16H,8-9,11H2,1-2H3. The summed E-state index contributed by atoms with van der Waals surface area (Å²) in [4.78, 5) is 19.6. The molecule has 1 atom stereocenters. The van der Waals surface area contributed by atoms with E-state index < -0.39 is 0 Å². The summed E-state index contributed by atoms with van der Waals surface area (Å²) < 4.78 is 5.64. The number of aromatic nitrogens is 1. The van der Waals surface area contributed by atoms with Crippen LogP contribution in [0.5, 0.6) is 0 Å². The van der Waals surface area contributed by atoms with Gasteiger partial charge in [-0.15, -0.1) is 11.3 Å². The molecule has 4 rings (SSSR count). The van der Waals surface area contributed by atoms with E-state index in [1.807, 2.05) is 41.5 Å². The number of benzene rings is 1. The summed E-state index contributed by atoms with van der Waals surface area (Å²) in [6.45, 7) is 4.85. The van der Waals surface area contributed by atoms with Crippen molar-refractivity contribution in [2.24, 2.45) is 5.92 Å². The Labute approximate surface area is 157 Å². The summed E-state index contributed by atoms with van der Waals surface area (Å²) >= 11 is 1.58. The molecule has 4 nitrogen and oxygen atoms in total. The van der Waals surface area contributed by atoms with E-state index in [1.165, 1.54) is 12.8 Å². The van der Waals surface area contributed by atoms with Gasteiger partial charge in [0.05, 0.1) is 16.6 Å². The third kappa shape index (κ3) is 3.58. The van der Waals surface area contributed by atoms with E-state index in [2.05, 4.69) is 24.0 Å². The minimum absolute atomic E-state index is 0.0233. The lowest BCUT2D eigenvalue weighted by molar-refractivity contribution is 0.0679. The predicted octanol–water partition coefficient (Wildman–Crippen LogP) is 5.32. The average Bonchev–Trinajstić information content (AvgIpc) is 3.16. The lowest BCUT2D eigenvalue weighted by Gasteiger charge is -2.29. The third-order valence-electron chi connectivity index (χ3n) is 4.88. The monoisotopic (exact) mass is 366 g/mol. The second kappa shape index (κ2) is 7.08. The molecule has 1 saturated carbocycles. The fraction of sp³-hybridized carbons (Fsp3) is 0.333. The molecule has 1 aliphatic carbocycles. The van der Waals surface area contributed by atoms with Crippen LogP contribution in [0.3, 0.4) is 0 Å². The summed E-state index contributed by atoms with van der Waals surface area (Å²) in [6, 6.07) is 12.0. The minimum atomic E-state index is 0.0233. The van der Waals surface area contributed by atoms with Gasteiger partial charge < -0.3 is 9.32 Å². The van der Waals surface area contributed by atoms with Gasteiger partial charge in [-0.25, -0.2) is 4.98 Å². The Morgan fingerprint density at radius 2 is 2.12 bits per heavy atom. The molecule has 0 saturated heterocycles. The highest BCUT2D eigenvalue weighted by Crippen LogP contribution is 2.34. The molecule has 0 bridgehead atoms. The van der Waals surface area contributed by atoms with Crippen LogP contribution in [0.4, 0.5) is 0 Å². The third-order valence-corrected chi connectivity index (χ3v) is 5.65. The number of hydrogen-bond acceptors (Lipinski definition) is 4. The number of carbonyl (C=O) groups excluding carboxylic acids is 1. The van der Waals surface area contributed by atoms with Gasteiger partial charge in [0.15, 0.2) is 5.76 Å². The number of furan rings is 1. The van der Waals surface area contributed by atoms with Gasteiger partial charge in [-0.1, -0.05) is 30.3 Å². The Bertz CT molecular complexity index is 896. The van der Waals surface area contributed by atoms with Crippen molar-refractivity contribution < 1.29 is 9.21 Å². The number of rotatable bonds is 6. The first-order valence-electron chi connectivity index (χ1n) is 8.99. The smallest absolute Gasteiger partial charge is 0.257 e. The van der Waals surface area contributed by atoms with E-state index in [0.717, 1.165) is 22.8 Å². The van der Waals surface area contributed by atoms with E-state index in [4.69, 9.17) is 4.42 Å². The number of hydrogen-bond donors (Lipinski definition) is 0. The van der Waals surface area contributed by atoms with Crippen LogP contribution < -0.4 is 0 Å². The van der Waals surface area contributed by atoms with E-state index in [0.29, 0.717) is 17.2 Å². The molecule has 0 radical (unpaired) electrons. The Morgan fingerprint density at radius 1 is 1.35 bits per heavy atom. The minimum Gasteiger partial charge on any atom is -0.462 e. The molecular weight excluding hydrogens is 344 g/mol. The topological polar surface area (TPSA) is 46.3 Å². The molecule has 0 N–H and O–H groups in total. The number of thiazole rings is 1. The van der Waals surface area contributed by atoms with Crippen molar-refractivity contribution in [1.29, 1.82) is 0 Å². The quantitative estimate of drug-likeness (QED) is 0.593. The van der Waals surface area contributed by atoms with Crippen LogP contribution in [0.2, 0.25) is 0 Å². The highest BCUT2D eigenvalue weighted by atomic mass is 32.1. The zero-order valence-electron chi connectivity index (χ0n) is 15.0. The first kappa shape index (κ1) is 17.0. The zero-order chi connectivity index (χ0) is 18.1. The molecule has 26 heavy (non-hydrogen) atoms. The highest BCUT2D eigenvalue weighted by molar-refractivity contribution is 7.09. The van der Waals surface area contributed by atoms with Crippen molar-refractivity contribution in [2.75, 3.05) is 6.54 Å². The van der Waals surface area contributed by atoms with Crippen molar-refractivity contribution >= 4 is 17.2 Å². The largest absolute Gasteiger partial charge is 0.462 e. The molecule has 134 valence electrons. The summed E-state index contributed by atoms with van der Waals surface area (Å²) in [6.07, 6.45) is 3.98. The Balaban J connectivity index is 1.59. The Morgan fingerprint density at radius 3 is 2.77 bits per heavy atom.